The normalized spacial score (nSPS) is 34.5. The van der Waals surface area contributed by atoms with Gasteiger partial charge in [-0.3, -0.25) is 4.79 Å². The molecule has 1 aliphatic heterocycles. The predicted molar refractivity (Wildman–Crippen MR) is 81.3 cm³/mol. The molecule has 0 aliphatic carbocycles. The SMILES string of the molecule is CC(=O)[C@]1(O)[C@H](O)[C@@H](N)C(O)O[C@@H]1CO.Sc1ccccc1. The fraction of sp³-hybridized carbons (Fsp3) is 0.500. The first-order valence-electron chi connectivity index (χ1n) is 6.60. The molecular formula is C14H21NO6S. The number of aliphatic hydroxyl groups is 4. The van der Waals surface area contributed by atoms with Gasteiger partial charge in [0.15, 0.2) is 17.7 Å². The third kappa shape index (κ3) is 4.05. The number of hydrogen-bond donors (Lipinski definition) is 6. The summed E-state index contributed by atoms with van der Waals surface area (Å²) in [4.78, 5) is 12.2. The van der Waals surface area contributed by atoms with Crippen molar-refractivity contribution in [1.29, 1.82) is 0 Å². The smallest absolute Gasteiger partial charge is 0.178 e. The number of carbonyl (C=O) groups is 1. The fourth-order valence-electron chi connectivity index (χ4n) is 2.05. The first-order chi connectivity index (χ1) is 10.2. The van der Waals surface area contributed by atoms with E-state index >= 15 is 0 Å². The first-order valence-corrected chi connectivity index (χ1v) is 7.05. The van der Waals surface area contributed by atoms with Crippen LogP contribution in [0.1, 0.15) is 6.92 Å². The fourth-order valence-corrected chi connectivity index (χ4v) is 2.22. The lowest BCUT2D eigenvalue weighted by atomic mass is 9.80. The van der Waals surface area contributed by atoms with E-state index < -0.39 is 42.5 Å². The van der Waals surface area contributed by atoms with E-state index in [4.69, 9.17) is 15.6 Å². The van der Waals surface area contributed by atoms with Crippen LogP contribution in [0, 0.1) is 0 Å². The standard InChI is InChI=1S/C8H15NO6.C6H6S/c1-3(11)8(14)4(2-10)15-7(13)5(9)6(8)12;7-6-4-2-1-3-5-6/h4-7,10,12-14H,2,9H2,1H3;1-5,7H/t4-,5-,6-,7?,8-;/m1./s1. The van der Waals surface area contributed by atoms with Gasteiger partial charge in [-0.2, -0.15) is 0 Å². The van der Waals surface area contributed by atoms with Gasteiger partial charge in [0.05, 0.1) is 12.6 Å². The van der Waals surface area contributed by atoms with Gasteiger partial charge in [-0.25, -0.2) is 0 Å². The van der Waals surface area contributed by atoms with Crippen LogP contribution >= 0.6 is 12.6 Å². The second kappa shape index (κ2) is 8.02. The second-order valence-corrected chi connectivity index (χ2v) is 5.45. The Morgan fingerprint density at radius 1 is 1.36 bits per heavy atom. The van der Waals surface area contributed by atoms with Crippen LogP contribution in [0.5, 0.6) is 0 Å². The van der Waals surface area contributed by atoms with Crippen LogP contribution in [-0.2, 0) is 9.53 Å². The van der Waals surface area contributed by atoms with E-state index in [0.717, 1.165) is 11.8 Å². The maximum Gasteiger partial charge on any atom is 0.178 e. The molecular weight excluding hydrogens is 310 g/mol. The average molecular weight is 331 g/mol. The van der Waals surface area contributed by atoms with Crippen molar-refractivity contribution in [2.45, 2.75) is 42.0 Å². The van der Waals surface area contributed by atoms with Gasteiger partial charge >= 0.3 is 0 Å². The Morgan fingerprint density at radius 2 is 1.91 bits per heavy atom. The van der Waals surface area contributed by atoms with Gasteiger partial charge in [0, 0.05) is 4.90 Å². The molecule has 1 aromatic rings. The highest BCUT2D eigenvalue weighted by molar-refractivity contribution is 7.80. The van der Waals surface area contributed by atoms with Crippen molar-refractivity contribution < 1.29 is 30.0 Å². The topological polar surface area (TPSA) is 133 Å². The summed E-state index contributed by atoms with van der Waals surface area (Å²) in [5.41, 5.74) is 3.05. The molecule has 1 fully saturated rings. The van der Waals surface area contributed by atoms with Crippen molar-refractivity contribution in [2.24, 2.45) is 5.73 Å². The third-order valence-corrected chi connectivity index (χ3v) is 3.72. The maximum absolute atomic E-state index is 11.2. The number of benzene rings is 1. The summed E-state index contributed by atoms with van der Waals surface area (Å²) in [6.45, 7) is 0.330. The molecule has 1 aromatic carbocycles. The maximum atomic E-state index is 11.2. The predicted octanol–water partition coefficient (Wildman–Crippen LogP) is -1.32. The number of thiol groups is 1. The largest absolute Gasteiger partial charge is 0.394 e. The van der Waals surface area contributed by atoms with Crippen molar-refractivity contribution in [3.05, 3.63) is 30.3 Å². The highest BCUT2D eigenvalue weighted by Gasteiger charge is 2.56. The van der Waals surface area contributed by atoms with E-state index in [1.165, 1.54) is 0 Å². The Balaban J connectivity index is 0.000000287. The van der Waals surface area contributed by atoms with Crippen LogP contribution < -0.4 is 5.73 Å². The van der Waals surface area contributed by atoms with E-state index in [-0.39, 0.29) is 0 Å². The molecule has 2 rings (SSSR count). The summed E-state index contributed by atoms with van der Waals surface area (Å²) < 4.78 is 4.74. The van der Waals surface area contributed by atoms with Gasteiger partial charge in [-0.05, 0) is 19.1 Å². The minimum atomic E-state index is -2.28. The average Bonchev–Trinajstić information content (AvgIpc) is 2.50. The molecule has 1 unspecified atom stereocenters. The molecule has 7 nitrogen and oxygen atoms in total. The summed E-state index contributed by atoms with van der Waals surface area (Å²) in [7, 11) is 0. The van der Waals surface area contributed by atoms with E-state index in [2.05, 4.69) is 12.6 Å². The molecule has 0 saturated carbocycles. The van der Waals surface area contributed by atoms with Crippen LogP contribution in [0.2, 0.25) is 0 Å². The van der Waals surface area contributed by atoms with Crippen LogP contribution in [-0.4, -0.2) is 63.0 Å². The first kappa shape index (κ1) is 19.0. The molecule has 0 aromatic heterocycles. The zero-order valence-corrected chi connectivity index (χ0v) is 12.9. The van der Waals surface area contributed by atoms with Gasteiger partial charge in [0.25, 0.3) is 0 Å². The third-order valence-electron chi connectivity index (χ3n) is 3.43. The molecule has 22 heavy (non-hydrogen) atoms. The summed E-state index contributed by atoms with van der Waals surface area (Å²) in [6.07, 6.45) is -4.60. The van der Waals surface area contributed by atoms with Gasteiger partial charge in [-0.1, -0.05) is 18.2 Å². The van der Waals surface area contributed by atoms with E-state index in [1.807, 2.05) is 30.3 Å². The lowest BCUT2D eigenvalue weighted by Gasteiger charge is -2.45. The molecule has 1 saturated heterocycles. The van der Waals surface area contributed by atoms with Crippen LogP contribution in [0.4, 0.5) is 0 Å². The highest BCUT2D eigenvalue weighted by Crippen LogP contribution is 2.29. The van der Waals surface area contributed by atoms with Crippen LogP contribution in [0.3, 0.4) is 0 Å². The number of aliphatic hydroxyl groups excluding tert-OH is 3. The van der Waals surface area contributed by atoms with Gasteiger partial charge in [0.2, 0.25) is 0 Å². The Morgan fingerprint density at radius 3 is 2.27 bits per heavy atom. The number of ketones is 1. The molecule has 5 atom stereocenters. The summed E-state index contributed by atoms with van der Waals surface area (Å²) in [5, 5.41) is 37.6. The molecule has 1 aliphatic rings. The number of carbonyl (C=O) groups excluding carboxylic acids is 1. The molecule has 6 N–H and O–H groups in total. The van der Waals surface area contributed by atoms with Crippen molar-refractivity contribution >= 4 is 18.4 Å². The van der Waals surface area contributed by atoms with Gasteiger partial charge < -0.3 is 30.9 Å². The molecule has 124 valence electrons. The lowest BCUT2D eigenvalue weighted by molar-refractivity contribution is -0.278. The highest BCUT2D eigenvalue weighted by atomic mass is 32.1. The van der Waals surface area contributed by atoms with Crippen molar-refractivity contribution in [3.8, 4) is 0 Å². The zero-order valence-electron chi connectivity index (χ0n) is 12.0. The minimum Gasteiger partial charge on any atom is -0.394 e. The number of ether oxygens (including phenoxy) is 1. The van der Waals surface area contributed by atoms with E-state index in [0.29, 0.717) is 0 Å². The monoisotopic (exact) mass is 331 g/mol. The Bertz CT molecular complexity index is 483. The molecule has 0 radical (unpaired) electrons. The molecule has 8 heteroatoms. The minimum absolute atomic E-state index is 0.711. The Labute approximate surface area is 133 Å². The summed E-state index contributed by atoms with van der Waals surface area (Å²) in [6, 6.07) is 8.48. The van der Waals surface area contributed by atoms with E-state index in [9.17, 15) is 20.1 Å². The lowest BCUT2D eigenvalue weighted by Crippen LogP contribution is -2.71. The Kier molecular flexibility index (Phi) is 6.95. The molecule has 0 spiro atoms. The van der Waals surface area contributed by atoms with Gasteiger partial charge in [0.1, 0.15) is 12.2 Å². The van der Waals surface area contributed by atoms with Crippen molar-refractivity contribution in [1.82, 2.24) is 0 Å². The van der Waals surface area contributed by atoms with Crippen molar-refractivity contribution in [2.75, 3.05) is 6.61 Å². The van der Waals surface area contributed by atoms with Crippen molar-refractivity contribution in [3.63, 3.8) is 0 Å². The molecule has 0 amide bonds. The molecule has 1 heterocycles. The van der Waals surface area contributed by atoms with Crippen LogP contribution in [0.15, 0.2) is 35.2 Å². The summed E-state index contributed by atoms with van der Waals surface area (Å²) in [5.74, 6) is -0.781. The van der Waals surface area contributed by atoms with E-state index in [1.54, 1.807) is 0 Å². The zero-order chi connectivity index (χ0) is 16.9. The van der Waals surface area contributed by atoms with Gasteiger partial charge in [-0.15, -0.1) is 12.6 Å². The van der Waals surface area contributed by atoms with Crippen LogP contribution in [0.25, 0.3) is 0 Å². The molecule has 0 bridgehead atoms. The summed E-state index contributed by atoms with van der Waals surface area (Å²) >= 11 is 4.08. The second-order valence-electron chi connectivity index (χ2n) is 4.94. The number of rotatable bonds is 2. The number of Topliss-reactive ketones (excluding diaryl/α,β-unsaturated/α-hetero) is 1. The number of hydrogen-bond acceptors (Lipinski definition) is 8. The quantitative estimate of drug-likeness (QED) is 0.370. The number of nitrogens with two attached hydrogens (primary N) is 1. The Hall–Kier alpha value is -1.00.